The molecule has 36 heavy (non-hydrogen) atoms. The Kier molecular flexibility index (Phi) is 6.77. The number of amides is 1. The fourth-order valence-electron chi connectivity index (χ4n) is 4.19. The summed E-state index contributed by atoms with van der Waals surface area (Å²) in [7, 11) is 0. The van der Waals surface area contributed by atoms with Crippen LogP contribution >= 0.6 is 11.8 Å². The zero-order valence-electron chi connectivity index (χ0n) is 20.3. The molecule has 1 unspecified atom stereocenters. The fraction of sp³-hybridized carbons (Fsp3) is 0.179. The van der Waals surface area contributed by atoms with Crippen molar-refractivity contribution in [2.45, 2.75) is 37.6 Å². The van der Waals surface area contributed by atoms with Crippen molar-refractivity contribution < 1.29 is 4.79 Å². The number of benzene rings is 3. The van der Waals surface area contributed by atoms with Crippen LogP contribution in [-0.2, 0) is 11.2 Å². The van der Waals surface area contributed by atoms with Gasteiger partial charge in [-0.05, 0) is 54.8 Å². The van der Waals surface area contributed by atoms with Crippen molar-refractivity contribution >= 4 is 34.4 Å². The Morgan fingerprint density at radius 2 is 1.75 bits per heavy atom. The lowest BCUT2D eigenvalue weighted by Crippen LogP contribution is -2.24. The Balaban J connectivity index is 1.50. The standard InChI is InChI=1S/C28H26N6OS/c1-18-12-13-24(19(2)16-18)34-25(17-22-10-6-9-21-8-4-5-11-23(21)22)32-33-28(34)36-20(3)26(35)31-27-29-14-7-15-30-27/h4-16,20H,17H2,1-3H3,(H,29,30,31,35). The molecule has 0 aliphatic carbocycles. The van der Waals surface area contributed by atoms with Crippen LogP contribution in [0.1, 0.15) is 29.4 Å². The predicted octanol–water partition coefficient (Wildman–Crippen LogP) is 5.54. The molecule has 7 nitrogen and oxygen atoms in total. The number of anilines is 1. The van der Waals surface area contributed by atoms with E-state index < -0.39 is 5.25 Å². The Hall–Kier alpha value is -4.04. The van der Waals surface area contributed by atoms with E-state index >= 15 is 0 Å². The number of nitrogens with one attached hydrogen (secondary N) is 1. The molecule has 2 heterocycles. The van der Waals surface area contributed by atoms with Crippen molar-refractivity contribution in [3.05, 3.63) is 102 Å². The number of hydrogen-bond donors (Lipinski definition) is 1. The van der Waals surface area contributed by atoms with Gasteiger partial charge in [0.2, 0.25) is 11.9 Å². The second-order valence-corrected chi connectivity index (χ2v) is 9.97. The molecule has 0 spiro atoms. The third-order valence-corrected chi connectivity index (χ3v) is 7.02. The maximum absolute atomic E-state index is 12.9. The molecule has 2 aromatic heterocycles. The number of rotatable bonds is 7. The van der Waals surface area contributed by atoms with Crippen LogP contribution in [0.5, 0.6) is 0 Å². The van der Waals surface area contributed by atoms with Gasteiger partial charge < -0.3 is 0 Å². The first-order valence-electron chi connectivity index (χ1n) is 11.7. The molecular formula is C28H26N6OS. The summed E-state index contributed by atoms with van der Waals surface area (Å²) in [5, 5.41) is 14.5. The monoisotopic (exact) mass is 494 g/mol. The summed E-state index contributed by atoms with van der Waals surface area (Å²) in [5.74, 6) is 0.902. The molecule has 0 bridgehead atoms. The topological polar surface area (TPSA) is 85.6 Å². The molecule has 1 atom stereocenters. The average Bonchev–Trinajstić information content (AvgIpc) is 3.26. The minimum Gasteiger partial charge on any atom is -0.294 e. The van der Waals surface area contributed by atoms with Gasteiger partial charge in [-0.3, -0.25) is 14.7 Å². The van der Waals surface area contributed by atoms with E-state index in [2.05, 4.69) is 98.5 Å². The van der Waals surface area contributed by atoms with Crippen LogP contribution in [0.25, 0.3) is 16.5 Å². The van der Waals surface area contributed by atoms with Gasteiger partial charge in [0.15, 0.2) is 5.16 Å². The lowest BCUT2D eigenvalue weighted by molar-refractivity contribution is -0.115. The van der Waals surface area contributed by atoms with Crippen LogP contribution in [0.15, 0.2) is 84.3 Å². The summed E-state index contributed by atoms with van der Waals surface area (Å²) in [6.45, 7) is 6.00. The molecule has 0 radical (unpaired) electrons. The summed E-state index contributed by atoms with van der Waals surface area (Å²) in [6, 6.07) is 22.7. The predicted molar refractivity (Wildman–Crippen MR) is 144 cm³/mol. The second kappa shape index (κ2) is 10.3. The van der Waals surface area contributed by atoms with Crippen molar-refractivity contribution in [1.82, 2.24) is 24.7 Å². The van der Waals surface area contributed by atoms with Crippen LogP contribution < -0.4 is 5.32 Å². The second-order valence-electron chi connectivity index (χ2n) is 8.66. The normalized spacial score (nSPS) is 12.0. The summed E-state index contributed by atoms with van der Waals surface area (Å²) in [6.07, 6.45) is 3.80. The van der Waals surface area contributed by atoms with E-state index in [4.69, 9.17) is 0 Å². The first kappa shape index (κ1) is 23.7. The smallest absolute Gasteiger partial charge is 0.240 e. The molecule has 180 valence electrons. The van der Waals surface area contributed by atoms with Crippen LogP contribution in [0, 0.1) is 13.8 Å². The summed E-state index contributed by atoms with van der Waals surface area (Å²) in [5.41, 5.74) is 4.48. The van der Waals surface area contributed by atoms with E-state index in [0.29, 0.717) is 11.6 Å². The molecule has 1 N–H and O–H groups in total. The Morgan fingerprint density at radius 1 is 0.972 bits per heavy atom. The maximum Gasteiger partial charge on any atom is 0.240 e. The summed E-state index contributed by atoms with van der Waals surface area (Å²) < 4.78 is 2.07. The van der Waals surface area contributed by atoms with Crippen LogP contribution in [0.2, 0.25) is 0 Å². The number of aryl methyl sites for hydroxylation is 2. The molecule has 0 saturated carbocycles. The molecule has 0 fully saturated rings. The van der Waals surface area contributed by atoms with E-state index in [-0.39, 0.29) is 11.9 Å². The summed E-state index contributed by atoms with van der Waals surface area (Å²) in [4.78, 5) is 21.0. The minimum absolute atomic E-state index is 0.197. The van der Waals surface area contributed by atoms with Crippen molar-refractivity contribution in [2.75, 3.05) is 5.32 Å². The van der Waals surface area contributed by atoms with Crippen LogP contribution in [0.3, 0.4) is 0 Å². The Labute approximate surface area is 214 Å². The number of aromatic nitrogens is 5. The van der Waals surface area contributed by atoms with E-state index in [0.717, 1.165) is 17.1 Å². The molecule has 0 saturated heterocycles. The van der Waals surface area contributed by atoms with Gasteiger partial charge in [-0.1, -0.05) is 71.9 Å². The summed E-state index contributed by atoms with van der Waals surface area (Å²) >= 11 is 1.36. The highest BCUT2D eigenvalue weighted by atomic mass is 32.2. The highest BCUT2D eigenvalue weighted by Gasteiger charge is 2.23. The van der Waals surface area contributed by atoms with Crippen molar-refractivity contribution in [3.8, 4) is 5.69 Å². The molecule has 3 aromatic carbocycles. The van der Waals surface area contributed by atoms with Gasteiger partial charge in [0.1, 0.15) is 5.82 Å². The number of fused-ring (bicyclic) bond motifs is 1. The third-order valence-electron chi connectivity index (χ3n) is 5.97. The average molecular weight is 495 g/mol. The number of hydrogen-bond acceptors (Lipinski definition) is 6. The minimum atomic E-state index is -0.437. The molecule has 0 aliphatic heterocycles. The zero-order chi connectivity index (χ0) is 25.1. The molecule has 0 aliphatic rings. The highest BCUT2D eigenvalue weighted by Crippen LogP contribution is 2.30. The zero-order valence-corrected chi connectivity index (χ0v) is 21.2. The van der Waals surface area contributed by atoms with E-state index in [1.807, 2.05) is 13.0 Å². The molecule has 1 amide bonds. The quantitative estimate of drug-likeness (QED) is 0.299. The molecule has 5 rings (SSSR count). The largest absolute Gasteiger partial charge is 0.294 e. The molecular weight excluding hydrogens is 468 g/mol. The van der Waals surface area contributed by atoms with E-state index in [9.17, 15) is 4.79 Å². The lowest BCUT2D eigenvalue weighted by Gasteiger charge is -2.16. The highest BCUT2D eigenvalue weighted by molar-refractivity contribution is 8.00. The first-order chi connectivity index (χ1) is 17.5. The Bertz CT molecular complexity index is 1530. The first-order valence-corrected chi connectivity index (χ1v) is 12.6. The SMILES string of the molecule is Cc1ccc(-n2c(Cc3cccc4ccccc34)nnc2SC(C)C(=O)Nc2ncccn2)c(C)c1. The van der Waals surface area contributed by atoms with Crippen LogP contribution in [-0.4, -0.2) is 35.9 Å². The number of nitrogens with zero attached hydrogens (tertiary/aromatic N) is 5. The lowest BCUT2D eigenvalue weighted by atomic mass is 10.0. The molecule has 8 heteroatoms. The van der Waals surface area contributed by atoms with Crippen LogP contribution in [0.4, 0.5) is 5.95 Å². The van der Waals surface area contributed by atoms with Crippen molar-refractivity contribution in [3.63, 3.8) is 0 Å². The number of carbonyl (C=O) groups excluding carboxylic acids is 1. The Morgan fingerprint density at radius 3 is 2.56 bits per heavy atom. The fourth-order valence-corrected chi connectivity index (χ4v) is 5.07. The third kappa shape index (κ3) is 4.99. The van der Waals surface area contributed by atoms with Gasteiger partial charge in [-0.2, -0.15) is 0 Å². The van der Waals surface area contributed by atoms with Crippen molar-refractivity contribution in [1.29, 1.82) is 0 Å². The molecule has 5 aromatic rings. The van der Waals surface area contributed by atoms with Gasteiger partial charge >= 0.3 is 0 Å². The van der Waals surface area contributed by atoms with E-state index in [1.165, 1.54) is 33.7 Å². The van der Waals surface area contributed by atoms with Crippen molar-refractivity contribution in [2.24, 2.45) is 0 Å². The van der Waals surface area contributed by atoms with Gasteiger partial charge in [-0.25, -0.2) is 9.97 Å². The van der Waals surface area contributed by atoms with Gasteiger partial charge in [0, 0.05) is 18.8 Å². The number of thioether (sulfide) groups is 1. The maximum atomic E-state index is 12.9. The van der Waals surface area contributed by atoms with Gasteiger partial charge in [0.05, 0.1) is 10.9 Å². The van der Waals surface area contributed by atoms with Gasteiger partial charge in [0.25, 0.3) is 0 Å². The number of carbonyl (C=O) groups is 1. The van der Waals surface area contributed by atoms with E-state index in [1.54, 1.807) is 18.5 Å². The van der Waals surface area contributed by atoms with Gasteiger partial charge in [-0.15, -0.1) is 10.2 Å².